The maximum atomic E-state index is 13.3. The topological polar surface area (TPSA) is 136 Å². The van der Waals surface area contributed by atoms with E-state index in [1.54, 1.807) is 0 Å². The standard InChI is InChI=1S/C30H51NO9/c1-19-16-30(36-4,40-21(3)20(19)2)26(34)27(35)31-28-25-23(37-18-38-28)17-29(12-13-29)24(39-25)15-22(33)11-9-7-5-6-8-10-14-32/h20-26,28,32-34H,1,5-18H2,2-4H3,(H,31,35)/t20-,21-,22?,23-,24?,25+,26?,28?,30-/m1/s1. The SMILES string of the molecule is C=C1C[C@](OC)(C(O)C(=O)NC2OCO[C@@H]3CC4(CC4)C(CC(O)CCCCCCCCO)O[C@H]23)O[C@H](C)[C@@H]1C. The van der Waals surface area contributed by atoms with Gasteiger partial charge in [-0.2, -0.15) is 0 Å². The van der Waals surface area contributed by atoms with Gasteiger partial charge in [-0.3, -0.25) is 4.79 Å². The smallest absolute Gasteiger partial charge is 0.256 e. The van der Waals surface area contributed by atoms with Crippen molar-refractivity contribution in [3.05, 3.63) is 12.2 Å². The molecule has 0 radical (unpaired) electrons. The zero-order valence-electron chi connectivity index (χ0n) is 24.5. The van der Waals surface area contributed by atoms with Crippen LogP contribution in [0.5, 0.6) is 0 Å². The van der Waals surface area contributed by atoms with Gasteiger partial charge in [-0.05, 0) is 44.4 Å². The van der Waals surface area contributed by atoms with E-state index in [1.165, 1.54) is 7.11 Å². The zero-order valence-corrected chi connectivity index (χ0v) is 24.5. The van der Waals surface area contributed by atoms with E-state index < -0.39 is 36.2 Å². The molecule has 4 N–H and O–H groups in total. The number of hydrogen-bond acceptors (Lipinski definition) is 9. The first-order valence-corrected chi connectivity index (χ1v) is 15.2. The summed E-state index contributed by atoms with van der Waals surface area (Å²) in [5.74, 6) is -2.13. The molecule has 0 bridgehead atoms. The second kappa shape index (κ2) is 13.9. The molecule has 3 saturated heterocycles. The Morgan fingerprint density at radius 3 is 2.48 bits per heavy atom. The molecule has 0 aromatic rings. The number of unbranched alkanes of at least 4 members (excludes halogenated alkanes) is 5. The van der Waals surface area contributed by atoms with E-state index in [-0.39, 0.29) is 49.5 Å². The number of aliphatic hydroxyl groups is 3. The van der Waals surface area contributed by atoms with Gasteiger partial charge in [-0.25, -0.2) is 0 Å². The highest BCUT2D eigenvalue weighted by molar-refractivity contribution is 5.82. The number of carbonyl (C=O) groups excluding carboxylic acids is 1. The second-order valence-electron chi connectivity index (χ2n) is 12.5. The maximum absolute atomic E-state index is 13.3. The average Bonchev–Trinajstić information content (AvgIpc) is 3.71. The van der Waals surface area contributed by atoms with Crippen molar-refractivity contribution in [1.82, 2.24) is 5.32 Å². The Balaban J connectivity index is 1.33. The molecule has 4 aliphatic rings. The fourth-order valence-corrected chi connectivity index (χ4v) is 6.54. The summed E-state index contributed by atoms with van der Waals surface area (Å²) < 4.78 is 29.8. The molecule has 1 aliphatic carbocycles. The fourth-order valence-electron chi connectivity index (χ4n) is 6.54. The monoisotopic (exact) mass is 569 g/mol. The second-order valence-corrected chi connectivity index (χ2v) is 12.5. The lowest BCUT2D eigenvalue weighted by Crippen LogP contribution is -2.64. The van der Waals surface area contributed by atoms with Gasteiger partial charge in [0.1, 0.15) is 12.9 Å². The van der Waals surface area contributed by atoms with Crippen molar-refractivity contribution in [1.29, 1.82) is 0 Å². The lowest BCUT2D eigenvalue weighted by Gasteiger charge is -2.48. The molecule has 9 atom stereocenters. The van der Waals surface area contributed by atoms with E-state index >= 15 is 0 Å². The fraction of sp³-hybridized carbons (Fsp3) is 0.900. The van der Waals surface area contributed by atoms with Gasteiger partial charge in [0.05, 0.1) is 24.4 Å². The molecule has 40 heavy (non-hydrogen) atoms. The first-order chi connectivity index (χ1) is 19.1. The zero-order chi connectivity index (χ0) is 28.9. The number of nitrogens with one attached hydrogen (secondary N) is 1. The van der Waals surface area contributed by atoms with Crippen molar-refractivity contribution >= 4 is 5.91 Å². The van der Waals surface area contributed by atoms with E-state index in [1.807, 2.05) is 13.8 Å². The Bertz CT molecular complexity index is 851. The van der Waals surface area contributed by atoms with Crippen LogP contribution >= 0.6 is 0 Å². The van der Waals surface area contributed by atoms with Crippen LogP contribution in [-0.4, -0.2) is 90.4 Å². The number of methoxy groups -OCH3 is 1. The summed E-state index contributed by atoms with van der Waals surface area (Å²) in [5.41, 5.74) is 0.851. The van der Waals surface area contributed by atoms with E-state index in [4.69, 9.17) is 28.8 Å². The number of rotatable bonds is 14. The Labute approximate surface area is 238 Å². The number of fused-ring (bicyclic) bond motifs is 1. The third-order valence-electron chi connectivity index (χ3n) is 9.63. The highest BCUT2D eigenvalue weighted by atomic mass is 16.7. The number of carbonyl (C=O) groups is 1. The van der Waals surface area contributed by atoms with Crippen molar-refractivity contribution in [2.75, 3.05) is 20.5 Å². The molecule has 4 rings (SSSR count). The molecule has 230 valence electrons. The first kappa shape index (κ1) is 31.8. The molecule has 4 unspecified atom stereocenters. The maximum Gasteiger partial charge on any atom is 0.256 e. The Kier molecular flexibility index (Phi) is 11.1. The third-order valence-corrected chi connectivity index (χ3v) is 9.63. The highest BCUT2D eigenvalue weighted by Gasteiger charge is 2.59. The van der Waals surface area contributed by atoms with E-state index in [9.17, 15) is 15.0 Å². The number of aliphatic hydroxyl groups excluding tert-OH is 3. The summed E-state index contributed by atoms with van der Waals surface area (Å²) in [5, 5.41) is 33.6. The predicted octanol–water partition coefficient (Wildman–Crippen LogP) is 2.92. The minimum absolute atomic E-state index is 0.00109. The molecule has 0 aromatic heterocycles. The number of ether oxygens (including phenoxy) is 5. The summed E-state index contributed by atoms with van der Waals surface area (Å²) in [6.45, 7) is 8.24. The van der Waals surface area contributed by atoms with Crippen LogP contribution in [0, 0.1) is 11.3 Å². The molecular weight excluding hydrogens is 518 g/mol. The van der Waals surface area contributed by atoms with Gasteiger partial charge in [0.25, 0.3) is 5.91 Å². The van der Waals surface area contributed by atoms with Gasteiger partial charge in [0.15, 0.2) is 12.3 Å². The molecular formula is C30H51NO9. The molecule has 1 spiro atoms. The first-order valence-electron chi connectivity index (χ1n) is 15.2. The lowest BCUT2D eigenvalue weighted by molar-refractivity contribution is -0.303. The summed E-state index contributed by atoms with van der Waals surface area (Å²) in [6.07, 6.45) is 6.38. The van der Waals surface area contributed by atoms with Gasteiger partial charge in [0, 0.05) is 32.5 Å². The van der Waals surface area contributed by atoms with Crippen molar-refractivity contribution < 1.29 is 43.8 Å². The molecule has 0 aromatic carbocycles. The van der Waals surface area contributed by atoms with Crippen molar-refractivity contribution in [2.45, 2.75) is 140 Å². The molecule has 3 aliphatic heterocycles. The Hall–Kier alpha value is -1.11. The molecule has 1 saturated carbocycles. The van der Waals surface area contributed by atoms with Crippen molar-refractivity contribution in [3.63, 3.8) is 0 Å². The summed E-state index contributed by atoms with van der Waals surface area (Å²) in [7, 11) is 1.42. The molecule has 3 heterocycles. The average molecular weight is 570 g/mol. The normalized spacial score (nSPS) is 36.6. The molecule has 10 heteroatoms. The van der Waals surface area contributed by atoms with Crippen molar-refractivity contribution in [2.24, 2.45) is 11.3 Å². The van der Waals surface area contributed by atoms with Crippen LogP contribution in [0.25, 0.3) is 0 Å². The quantitative estimate of drug-likeness (QED) is 0.184. The van der Waals surface area contributed by atoms with Crippen LogP contribution in [0.15, 0.2) is 12.2 Å². The van der Waals surface area contributed by atoms with Crippen LogP contribution in [0.2, 0.25) is 0 Å². The van der Waals surface area contributed by atoms with E-state index in [0.29, 0.717) is 6.42 Å². The van der Waals surface area contributed by atoms with E-state index in [2.05, 4.69) is 11.9 Å². The minimum Gasteiger partial charge on any atom is -0.396 e. The van der Waals surface area contributed by atoms with Crippen LogP contribution < -0.4 is 5.32 Å². The Morgan fingerprint density at radius 1 is 1.12 bits per heavy atom. The van der Waals surface area contributed by atoms with Crippen LogP contribution in [0.1, 0.15) is 90.9 Å². The molecule has 1 amide bonds. The highest BCUT2D eigenvalue weighted by Crippen LogP contribution is 2.58. The van der Waals surface area contributed by atoms with Crippen LogP contribution in [0.4, 0.5) is 0 Å². The number of amides is 1. The lowest BCUT2D eigenvalue weighted by atomic mass is 9.82. The summed E-state index contributed by atoms with van der Waals surface area (Å²) in [6, 6.07) is 0. The summed E-state index contributed by atoms with van der Waals surface area (Å²) in [4.78, 5) is 13.3. The van der Waals surface area contributed by atoms with Gasteiger partial charge < -0.3 is 44.3 Å². The molecule has 10 nitrogen and oxygen atoms in total. The van der Waals surface area contributed by atoms with Crippen LogP contribution in [0.3, 0.4) is 0 Å². The van der Waals surface area contributed by atoms with Gasteiger partial charge in [-0.15, -0.1) is 0 Å². The van der Waals surface area contributed by atoms with Crippen molar-refractivity contribution in [3.8, 4) is 0 Å². The van der Waals surface area contributed by atoms with Gasteiger partial charge >= 0.3 is 0 Å². The third kappa shape index (κ3) is 7.26. The minimum atomic E-state index is -1.60. The molecule has 4 fully saturated rings. The predicted molar refractivity (Wildman–Crippen MR) is 147 cm³/mol. The number of hydrogen-bond donors (Lipinski definition) is 4. The largest absolute Gasteiger partial charge is 0.396 e. The van der Waals surface area contributed by atoms with Gasteiger partial charge in [-0.1, -0.05) is 51.2 Å². The van der Waals surface area contributed by atoms with Crippen LogP contribution in [-0.2, 0) is 28.5 Å². The summed E-state index contributed by atoms with van der Waals surface area (Å²) >= 11 is 0. The van der Waals surface area contributed by atoms with E-state index in [0.717, 1.165) is 69.8 Å². The Morgan fingerprint density at radius 2 is 1.82 bits per heavy atom. The van der Waals surface area contributed by atoms with Gasteiger partial charge in [0.2, 0.25) is 5.79 Å².